The molecule has 0 heterocycles. The monoisotopic (exact) mass is 228 g/mol. The minimum absolute atomic E-state index is 0.0904. The van der Waals surface area contributed by atoms with Gasteiger partial charge in [-0.3, -0.25) is 0 Å². The van der Waals surface area contributed by atoms with Crippen molar-refractivity contribution in [1.29, 1.82) is 0 Å². The Kier molecular flexibility index (Phi) is 2.66. The van der Waals surface area contributed by atoms with Gasteiger partial charge >= 0.3 is 6.36 Å². The lowest BCUT2D eigenvalue weighted by Crippen LogP contribution is -2.18. The second kappa shape index (κ2) is 3.85. The molecule has 1 aliphatic rings. The summed E-state index contributed by atoms with van der Waals surface area (Å²) in [6.45, 7) is 3.52. The Morgan fingerprint density at radius 2 is 2.00 bits per heavy atom. The van der Waals surface area contributed by atoms with Crippen LogP contribution in [0.1, 0.15) is 29.9 Å². The van der Waals surface area contributed by atoms with Crippen molar-refractivity contribution in [2.24, 2.45) is 0 Å². The first-order valence-electron chi connectivity index (χ1n) is 5.02. The summed E-state index contributed by atoms with van der Waals surface area (Å²) in [5.41, 5.74) is 1.27. The number of ether oxygens (including phenoxy) is 1. The third-order valence-electron chi connectivity index (χ3n) is 2.52. The van der Waals surface area contributed by atoms with Gasteiger partial charge in [-0.25, -0.2) is 0 Å². The van der Waals surface area contributed by atoms with E-state index in [0.29, 0.717) is 11.1 Å². The Morgan fingerprint density at radius 1 is 1.31 bits per heavy atom. The molecule has 0 aliphatic heterocycles. The topological polar surface area (TPSA) is 9.23 Å². The summed E-state index contributed by atoms with van der Waals surface area (Å²) in [5, 5.41) is 0. The van der Waals surface area contributed by atoms with Crippen LogP contribution in [0.3, 0.4) is 0 Å². The quantitative estimate of drug-likeness (QED) is 0.756. The first-order chi connectivity index (χ1) is 7.49. The van der Waals surface area contributed by atoms with Crippen LogP contribution in [0, 0.1) is 0 Å². The molecule has 0 aromatic heterocycles. The van der Waals surface area contributed by atoms with Gasteiger partial charge in [0.25, 0.3) is 0 Å². The fourth-order valence-electron chi connectivity index (χ4n) is 1.62. The average Bonchev–Trinajstić information content (AvgIpc) is 2.98. The van der Waals surface area contributed by atoms with Crippen LogP contribution >= 0.6 is 0 Å². The van der Waals surface area contributed by atoms with E-state index in [4.69, 9.17) is 0 Å². The van der Waals surface area contributed by atoms with Crippen molar-refractivity contribution in [3.63, 3.8) is 0 Å². The molecule has 1 fully saturated rings. The van der Waals surface area contributed by atoms with Crippen molar-refractivity contribution in [1.82, 2.24) is 0 Å². The molecular weight excluding hydrogens is 217 g/mol. The molecule has 0 bridgehead atoms. The van der Waals surface area contributed by atoms with Gasteiger partial charge in [0.1, 0.15) is 5.75 Å². The van der Waals surface area contributed by atoms with E-state index in [-0.39, 0.29) is 11.7 Å². The molecule has 0 atom stereocenters. The fraction of sp³-hybridized carbons (Fsp3) is 0.333. The summed E-state index contributed by atoms with van der Waals surface area (Å²) in [5.74, 6) is 0.128. The maximum Gasteiger partial charge on any atom is 0.573 e. The van der Waals surface area contributed by atoms with Gasteiger partial charge in [-0.15, -0.1) is 13.2 Å². The lowest BCUT2D eigenvalue weighted by atomic mass is 10.1. The molecule has 0 N–H and O–H groups in total. The van der Waals surface area contributed by atoms with E-state index in [9.17, 15) is 13.2 Å². The summed E-state index contributed by atoms with van der Waals surface area (Å²) in [7, 11) is 0. The lowest BCUT2D eigenvalue weighted by Gasteiger charge is -2.13. The Bertz CT molecular complexity index is 405. The maximum atomic E-state index is 12.2. The van der Waals surface area contributed by atoms with E-state index < -0.39 is 6.36 Å². The van der Waals surface area contributed by atoms with Crippen molar-refractivity contribution >= 4 is 6.08 Å². The van der Waals surface area contributed by atoms with Crippen LogP contribution in [-0.4, -0.2) is 6.36 Å². The first kappa shape index (κ1) is 11.0. The van der Waals surface area contributed by atoms with E-state index in [1.807, 2.05) is 0 Å². The molecule has 1 saturated carbocycles. The Morgan fingerprint density at radius 3 is 2.50 bits per heavy atom. The number of rotatable bonds is 3. The highest BCUT2D eigenvalue weighted by Gasteiger charge is 2.35. The Balaban J connectivity index is 2.33. The van der Waals surface area contributed by atoms with Crippen LogP contribution in [0.25, 0.3) is 6.08 Å². The Labute approximate surface area is 91.5 Å². The minimum Gasteiger partial charge on any atom is -0.405 e. The van der Waals surface area contributed by atoms with E-state index in [1.165, 1.54) is 12.1 Å². The van der Waals surface area contributed by atoms with Crippen molar-refractivity contribution < 1.29 is 17.9 Å². The number of halogens is 3. The summed E-state index contributed by atoms with van der Waals surface area (Å²) in [6, 6.07) is 4.83. The van der Waals surface area contributed by atoms with Gasteiger partial charge in [0.05, 0.1) is 0 Å². The molecular formula is C12H11F3O. The van der Waals surface area contributed by atoms with E-state index in [1.54, 1.807) is 12.1 Å². The predicted octanol–water partition coefficient (Wildman–Crippen LogP) is 4.11. The van der Waals surface area contributed by atoms with Crippen molar-refractivity contribution in [2.45, 2.75) is 25.1 Å². The number of hydrogen-bond acceptors (Lipinski definition) is 1. The molecule has 0 unspecified atom stereocenters. The third-order valence-corrected chi connectivity index (χ3v) is 2.52. The third kappa shape index (κ3) is 2.56. The maximum absolute atomic E-state index is 12.2. The Hall–Kier alpha value is -1.45. The molecule has 16 heavy (non-hydrogen) atoms. The summed E-state index contributed by atoms with van der Waals surface area (Å²) in [4.78, 5) is 0. The highest BCUT2D eigenvalue weighted by molar-refractivity contribution is 5.53. The molecule has 1 aromatic rings. The van der Waals surface area contributed by atoms with Gasteiger partial charge in [0.15, 0.2) is 0 Å². The van der Waals surface area contributed by atoms with E-state index in [0.717, 1.165) is 12.8 Å². The molecule has 1 aliphatic carbocycles. The highest BCUT2D eigenvalue weighted by Crippen LogP contribution is 2.45. The molecule has 1 nitrogen and oxygen atoms in total. The number of benzene rings is 1. The van der Waals surface area contributed by atoms with E-state index in [2.05, 4.69) is 11.3 Å². The molecule has 86 valence electrons. The summed E-state index contributed by atoms with van der Waals surface area (Å²) >= 11 is 0. The normalized spacial score (nSPS) is 15.9. The second-order valence-electron chi connectivity index (χ2n) is 3.82. The van der Waals surface area contributed by atoms with Crippen molar-refractivity contribution in [3.8, 4) is 5.75 Å². The molecule has 4 heteroatoms. The molecule has 0 radical (unpaired) electrons. The SMILES string of the molecule is C=Cc1ccc(C2CC2)c(OC(F)(F)F)c1. The summed E-state index contributed by atoms with van der Waals surface area (Å²) in [6.07, 6.45) is -1.27. The zero-order chi connectivity index (χ0) is 11.8. The molecule has 2 rings (SSSR count). The van der Waals surface area contributed by atoms with Crippen LogP contribution in [0.2, 0.25) is 0 Å². The standard InChI is InChI=1S/C12H11F3O/c1-2-8-3-6-10(9-4-5-9)11(7-8)16-12(13,14)15/h2-3,6-7,9H,1,4-5H2. The van der Waals surface area contributed by atoms with Crippen LogP contribution in [0.15, 0.2) is 24.8 Å². The largest absolute Gasteiger partial charge is 0.573 e. The van der Waals surface area contributed by atoms with E-state index >= 15 is 0 Å². The number of alkyl halides is 3. The van der Waals surface area contributed by atoms with Gasteiger partial charge in [0, 0.05) is 0 Å². The fourth-order valence-corrected chi connectivity index (χ4v) is 1.62. The van der Waals surface area contributed by atoms with Gasteiger partial charge in [-0.05, 0) is 36.0 Å². The van der Waals surface area contributed by atoms with Crippen LogP contribution < -0.4 is 4.74 Å². The molecule has 0 amide bonds. The lowest BCUT2D eigenvalue weighted by molar-refractivity contribution is -0.274. The zero-order valence-corrected chi connectivity index (χ0v) is 8.55. The molecule has 0 saturated heterocycles. The second-order valence-corrected chi connectivity index (χ2v) is 3.82. The van der Waals surface area contributed by atoms with Crippen LogP contribution in [0.4, 0.5) is 13.2 Å². The van der Waals surface area contributed by atoms with Gasteiger partial charge in [-0.2, -0.15) is 0 Å². The van der Waals surface area contributed by atoms with Crippen molar-refractivity contribution in [3.05, 3.63) is 35.9 Å². The van der Waals surface area contributed by atoms with Crippen LogP contribution in [-0.2, 0) is 0 Å². The van der Waals surface area contributed by atoms with Gasteiger partial charge in [-0.1, -0.05) is 24.8 Å². The van der Waals surface area contributed by atoms with Gasteiger partial charge < -0.3 is 4.74 Å². The summed E-state index contributed by atoms with van der Waals surface area (Å²) < 4.78 is 40.6. The van der Waals surface area contributed by atoms with Crippen LogP contribution in [0.5, 0.6) is 5.75 Å². The molecule has 1 aromatic carbocycles. The smallest absolute Gasteiger partial charge is 0.405 e. The molecule has 0 spiro atoms. The zero-order valence-electron chi connectivity index (χ0n) is 8.55. The predicted molar refractivity (Wildman–Crippen MR) is 55.2 cm³/mol. The first-order valence-corrected chi connectivity index (χ1v) is 5.02. The average molecular weight is 228 g/mol. The minimum atomic E-state index is -4.64. The van der Waals surface area contributed by atoms with Crippen molar-refractivity contribution in [2.75, 3.05) is 0 Å². The number of hydrogen-bond donors (Lipinski definition) is 0. The van der Waals surface area contributed by atoms with Gasteiger partial charge in [0.2, 0.25) is 0 Å². The highest BCUT2D eigenvalue weighted by atomic mass is 19.4.